The van der Waals surface area contributed by atoms with Crippen LogP contribution in [0.3, 0.4) is 0 Å². The van der Waals surface area contributed by atoms with Gasteiger partial charge in [0.15, 0.2) is 0 Å². The van der Waals surface area contributed by atoms with Crippen molar-refractivity contribution >= 4 is 17.9 Å². The number of hydrogen-bond acceptors (Lipinski definition) is 9. The maximum Gasteiger partial charge on any atom is 4.00 e. The Balaban J connectivity index is -0.0000000331. The fourth-order valence-electron chi connectivity index (χ4n) is 0. The largest absolute Gasteiger partial charge is 4.00 e. The number of carbonyl (C=O) groups excluding carboxylic acids is 3. The summed E-state index contributed by atoms with van der Waals surface area (Å²) in [6.45, 7) is 2.92. The van der Waals surface area contributed by atoms with Gasteiger partial charge in [-0.1, -0.05) is 0 Å². The van der Waals surface area contributed by atoms with Gasteiger partial charge >= 0.3 is 16.5 Å². The second kappa shape index (κ2) is 29.2. The van der Waals surface area contributed by atoms with Crippen LogP contribution in [0.1, 0.15) is 20.8 Å². The van der Waals surface area contributed by atoms with E-state index >= 15 is 0 Å². The minimum Gasteiger partial charge on any atom is -0.550 e. The van der Waals surface area contributed by atoms with E-state index in [0.717, 1.165) is 26.1 Å². The van der Waals surface area contributed by atoms with E-state index in [4.69, 9.17) is 39.8 Å². The molecule has 0 heterocycles. The average molecular weight is 282 g/mol. The van der Waals surface area contributed by atoms with Crippen molar-refractivity contribution < 1.29 is 46.2 Å². The van der Waals surface area contributed by atoms with Gasteiger partial charge in [-0.25, -0.2) is 0 Å². The Morgan fingerprint density at radius 2 is 0.812 bits per heavy atom. The molecule has 0 rings (SSSR count). The molecule has 0 aromatic carbocycles. The zero-order valence-corrected chi connectivity index (χ0v) is 9.52. The van der Waals surface area contributed by atoms with Crippen molar-refractivity contribution in [3.63, 3.8) is 0 Å². The van der Waals surface area contributed by atoms with Gasteiger partial charge in [0, 0.05) is 17.9 Å². The molecular formula is C6H9NNiO8. The van der Waals surface area contributed by atoms with Crippen LogP contribution in [0.15, 0.2) is 5.34 Å². The van der Waals surface area contributed by atoms with Crippen molar-refractivity contribution in [3.05, 3.63) is 10.1 Å². The topological polar surface area (TPSA) is 173 Å². The van der Waals surface area contributed by atoms with Gasteiger partial charge < -0.3 is 39.8 Å². The van der Waals surface area contributed by atoms with E-state index in [-0.39, 0.29) is 16.5 Å². The molecule has 0 unspecified atom stereocenters. The zero-order valence-electron chi connectivity index (χ0n) is 8.53. The van der Waals surface area contributed by atoms with E-state index in [1.54, 1.807) is 0 Å². The van der Waals surface area contributed by atoms with E-state index in [1.807, 2.05) is 0 Å². The molecule has 0 fully saturated rings. The molecule has 0 saturated heterocycles. The summed E-state index contributed by atoms with van der Waals surface area (Å²) >= 11 is 0. The molecule has 0 aromatic heterocycles. The predicted molar refractivity (Wildman–Crippen MR) is 41.2 cm³/mol. The van der Waals surface area contributed by atoms with E-state index < -0.39 is 17.9 Å². The molecule has 0 spiro atoms. The SMILES string of the molecule is CC(=O)[O-].CC(=O)[O-].CC(=O)[O-].O=N[O-].[Ni+4]. The summed E-state index contributed by atoms with van der Waals surface area (Å²) in [6, 6.07) is 0. The average Bonchev–Trinajstić information content (AvgIpc) is 1.81. The molecule has 0 atom stereocenters. The monoisotopic (exact) mass is 281 g/mol. The normalized spacial score (nSPS) is 5.44. The second-order valence-electron chi connectivity index (χ2n) is 1.55. The molecule has 0 radical (unpaired) electrons. The first kappa shape index (κ1) is 29.2. The molecule has 96 valence electrons. The summed E-state index contributed by atoms with van der Waals surface area (Å²) in [5.41, 5.74) is 0. The Hall–Kier alpha value is -1.70. The van der Waals surface area contributed by atoms with Crippen LogP contribution in [0.5, 0.6) is 0 Å². The van der Waals surface area contributed by atoms with Crippen LogP contribution < -0.4 is 15.3 Å². The van der Waals surface area contributed by atoms with Gasteiger partial charge in [-0.2, -0.15) is 0 Å². The maximum atomic E-state index is 8.89. The minimum atomic E-state index is -1.08. The van der Waals surface area contributed by atoms with Crippen LogP contribution in [0.4, 0.5) is 0 Å². The van der Waals surface area contributed by atoms with Crippen LogP contribution >= 0.6 is 0 Å². The standard InChI is InChI=1S/3C2H4O2.HNO2.Ni/c3*1-2(3)4;2-1-3;/h3*1H3,(H,3,4);(H,2,3);/q;;;;+4/p-4. The summed E-state index contributed by atoms with van der Waals surface area (Å²) in [6.07, 6.45) is 0. The van der Waals surface area contributed by atoms with E-state index in [0.29, 0.717) is 0 Å². The van der Waals surface area contributed by atoms with E-state index in [1.165, 1.54) is 0 Å². The zero-order chi connectivity index (χ0) is 13.4. The molecule has 9 nitrogen and oxygen atoms in total. The van der Waals surface area contributed by atoms with Crippen molar-refractivity contribution in [1.29, 1.82) is 0 Å². The first-order valence-electron chi connectivity index (χ1n) is 3.09. The van der Waals surface area contributed by atoms with E-state index in [9.17, 15) is 0 Å². The van der Waals surface area contributed by atoms with Crippen LogP contribution in [0.25, 0.3) is 0 Å². The third kappa shape index (κ3) is 546. The van der Waals surface area contributed by atoms with Crippen LogP contribution in [0.2, 0.25) is 0 Å². The first-order valence-corrected chi connectivity index (χ1v) is 3.09. The molecule has 16 heavy (non-hydrogen) atoms. The minimum absolute atomic E-state index is 0. The number of aliphatic carboxylic acids is 3. The summed E-state index contributed by atoms with van der Waals surface area (Å²) in [4.78, 5) is 34.7. The molecule has 0 N–H and O–H groups in total. The second-order valence-corrected chi connectivity index (χ2v) is 1.55. The Bertz CT molecular complexity index is 154. The number of hydrogen-bond donors (Lipinski definition) is 0. The Labute approximate surface area is 101 Å². The molecule has 0 aromatic rings. The summed E-state index contributed by atoms with van der Waals surface area (Å²) in [5.74, 6) is -3.25. The van der Waals surface area contributed by atoms with Crippen molar-refractivity contribution in [3.8, 4) is 0 Å². The Morgan fingerprint density at radius 3 is 0.812 bits per heavy atom. The molecule has 0 amide bonds. The fraction of sp³-hybridized carbons (Fsp3) is 0.500. The summed E-state index contributed by atoms with van der Waals surface area (Å²) < 4.78 is 0. The van der Waals surface area contributed by atoms with Gasteiger partial charge in [0.05, 0.1) is 0 Å². The van der Waals surface area contributed by atoms with E-state index in [2.05, 4.69) is 0 Å². The number of carboxylic acid groups (broad SMARTS) is 3. The Morgan fingerprint density at radius 1 is 0.812 bits per heavy atom. The molecular weight excluding hydrogens is 273 g/mol. The molecule has 0 aliphatic carbocycles. The van der Waals surface area contributed by atoms with Crippen LogP contribution in [0, 0.1) is 10.1 Å². The first-order chi connectivity index (χ1) is 6.61. The van der Waals surface area contributed by atoms with Gasteiger partial charge in [0.1, 0.15) is 0 Å². The van der Waals surface area contributed by atoms with Gasteiger partial charge in [-0.15, -0.1) is 5.34 Å². The van der Waals surface area contributed by atoms with Crippen LogP contribution in [-0.4, -0.2) is 17.9 Å². The van der Waals surface area contributed by atoms with Gasteiger partial charge in [0.25, 0.3) is 0 Å². The molecule has 0 bridgehead atoms. The van der Waals surface area contributed by atoms with Gasteiger partial charge in [-0.3, -0.25) is 0 Å². The van der Waals surface area contributed by atoms with Crippen LogP contribution in [-0.2, 0) is 30.9 Å². The number of rotatable bonds is 0. The fourth-order valence-corrected chi connectivity index (χ4v) is 0. The molecule has 0 aliphatic rings. The van der Waals surface area contributed by atoms with Crippen molar-refractivity contribution in [2.24, 2.45) is 5.34 Å². The number of carbonyl (C=O) groups is 3. The molecule has 0 aliphatic heterocycles. The summed E-state index contributed by atoms with van der Waals surface area (Å²) in [5, 5.41) is 35.7. The number of carboxylic acids is 3. The number of nitrogens with zero attached hydrogens (tertiary/aromatic N) is 1. The molecule has 10 heteroatoms. The predicted octanol–water partition coefficient (Wildman–Crippen LogP) is -3.48. The van der Waals surface area contributed by atoms with Gasteiger partial charge in [0.2, 0.25) is 0 Å². The van der Waals surface area contributed by atoms with Crippen molar-refractivity contribution in [2.75, 3.05) is 0 Å². The smallest absolute Gasteiger partial charge is 0.550 e. The molecule has 0 saturated carbocycles. The third-order valence-electron chi connectivity index (χ3n) is 0. The quantitative estimate of drug-likeness (QED) is 0.250. The van der Waals surface area contributed by atoms with Crippen molar-refractivity contribution in [2.45, 2.75) is 20.8 Å². The van der Waals surface area contributed by atoms with Gasteiger partial charge in [-0.05, 0) is 20.8 Å². The summed E-state index contributed by atoms with van der Waals surface area (Å²) in [7, 11) is 0. The Kier molecular flexibility index (Phi) is 53.4. The van der Waals surface area contributed by atoms with Crippen molar-refractivity contribution in [1.82, 2.24) is 0 Å². The third-order valence-corrected chi connectivity index (χ3v) is 0. The maximum absolute atomic E-state index is 8.89.